The smallest absolute Gasteiger partial charge is 0.197 e. The van der Waals surface area contributed by atoms with Crippen LogP contribution in [0.2, 0.25) is 0 Å². The zero-order valence-corrected chi connectivity index (χ0v) is 10.8. The number of nitrogens with zero attached hydrogens (tertiary/aromatic N) is 5. The Bertz CT molecular complexity index is 509. The highest BCUT2D eigenvalue weighted by Gasteiger charge is 2.10. The van der Waals surface area contributed by atoms with E-state index in [4.69, 9.17) is 0 Å². The summed E-state index contributed by atoms with van der Waals surface area (Å²) in [6.45, 7) is 4.87. The molecule has 1 N–H and O–H groups in total. The van der Waals surface area contributed by atoms with E-state index in [1.165, 1.54) is 11.8 Å². The molecule has 0 aliphatic carbocycles. The number of aryl methyl sites for hydroxylation is 1. The Labute approximate surface area is 104 Å². The van der Waals surface area contributed by atoms with E-state index >= 15 is 0 Å². The minimum absolute atomic E-state index is 0.814. The quantitative estimate of drug-likeness (QED) is 0.829. The first kappa shape index (κ1) is 11.8. The highest BCUT2D eigenvalue weighted by Crippen LogP contribution is 2.28. The van der Waals surface area contributed by atoms with E-state index in [2.05, 4.69) is 25.5 Å². The van der Waals surface area contributed by atoms with Crippen LogP contribution in [0.3, 0.4) is 0 Å². The van der Waals surface area contributed by atoms with Crippen LogP contribution in [-0.2, 0) is 7.05 Å². The molecular weight excluding hydrogens is 236 g/mol. The Balaban J connectivity index is 2.27. The average molecular weight is 250 g/mol. The third-order valence-corrected chi connectivity index (χ3v) is 3.40. The fraction of sp³-hybridized carbons (Fsp3) is 0.400. The number of hydrogen-bond donors (Lipinski definition) is 1. The van der Waals surface area contributed by atoms with E-state index in [-0.39, 0.29) is 0 Å². The van der Waals surface area contributed by atoms with Crippen LogP contribution in [0.15, 0.2) is 22.8 Å². The molecule has 0 amide bonds. The molecule has 0 bridgehead atoms. The Hall–Kier alpha value is -1.63. The van der Waals surface area contributed by atoms with Crippen LogP contribution < -0.4 is 5.32 Å². The van der Waals surface area contributed by atoms with Gasteiger partial charge in [0.05, 0.1) is 0 Å². The lowest BCUT2D eigenvalue weighted by molar-refractivity contribution is 0.786. The number of rotatable bonds is 4. The molecule has 7 heteroatoms. The summed E-state index contributed by atoms with van der Waals surface area (Å²) < 4.78 is 1.86. The summed E-state index contributed by atoms with van der Waals surface area (Å²) in [7, 11) is 1.91. The van der Waals surface area contributed by atoms with Crippen molar-refractivity contribution in [3.05, 3.63) is 18.2 Å². The Morgan fingerprint density at radius 1 is 1.41 bits per heavy atom. The van der Waals surface area contributed by atoms with Crippen LogP contribution in [0.4, 0.5) is 5.82 Å². The van der Waals surface area contributed by atoms with Crippen LogP contribution in [0.1, 0.15) is 12.5 Å². The third kappa shape index (κ3) is 2.55. The molecule has 0 aliphatic heterocycles. The van der Waals surface area contributed by atoms with Gasteiger partial charge in [-0.25, -0.2) is 9.97 Å². The maximum atomic E-state index is 4.27. The van der Waals surface area contributed by atoms with E-state index < -0.39 is 0 Å². The normalized spacial score (nSPS) is 10.5. The molecule has 0 spiro atoms. The largest absolute Gasteiger partial charge is 0.370 e. The van der Waals surface area contributed by atoms with Gasteiger partial charge in [-0.15, -0.1) is 10.2 Å². The molecule has 17 heavy (non-hydrogen) atoms. The average Bonchev–Trinajstić information content (AvgIpc) is 2.70. The SMILES string of the molecule is CCNc1ncnc(Sc2nncn2C)c1C. The van der Waals surface area contributed by atoms with Gasteiger partial charge >= 0.3 is 0 Å². The van der Waals surface area contributed by atoms with Gasteiger partial charge in [0.25, 0.3) is 0 Å². The summed E-state index contributed by atoms with van der Waals surface area (Å²) in [5.74, 6) is 0.868. The predicted molar refractivity (Wildman–Crippen MR) is 66.1 cm³/mol. The highest BCUT2D eigenvalue weighted by atomic mass is 32.2. The fourth-order valence-corrected chi connectivity index (χ4v) is 2.14. The number of hydrogen-bond acceptors (Lipinski definition) is 6. The van der Waals surface area contributed by atoms with Crippen molar-refractivity contribution in [2.45, 2.75) is 24.0 Å². The minimum atomic E-state index is 0.814. The topological polar surface area (TPSA) is 68.5 Å². The highest BCUT2D eigenvalue weighted by molar-refractivity contribution is 7.99. The van der Waals surface area contributed by atoms with E-state index in [0.717, 1.165) is 28.1 Å². The molecule has 0 aromatic carbocycles. The molecule has 0 fully saturated rings. The zero-order valence-electron chi connectivity index (χ0n) is 10.0. The summed E-state index contributed by atoms with van der Waals surface area (Å²) in [4.78, 5) is 8.47. The molecule has 2 rings (SSSR count). The zero-order chi connectivity index (χ0) is 12.3. The molecule has 90 valence electrons. The van der Waals surface area contributed by atoms with E-state index in [1.807, 2.05) is 25.5 Å². The Kier molecular flexibility index (Phi) is 3.58. The van der Waals surface area contributed by atoms with Crippen molar-refractivity contribution >= 4 is 17.6 Å². The van der Waals surface area contributed by atoms with E-state index in [0.29, 0.717) is 0 Å². The van der Waals surface area contributed by atoms with Crippen LogP contribution in [-0.4, -0.2) is 31.3 Å². The second-order valence-corrected chi connectivity index (χ2v) is 4.47. The second-order valence-electron chi connectivity index (χ2n) is 3.51. The van der Waals surface area contributed by atoms with Gasteiger partial charge in [0.15, 0.2) is 5.16 Å². The molecule has 0 saturated carbocycles. The molecule has 2 aromatic heterocycles. The van der Waals surface area contributed by atoms with Crippen molar-refractivity contribution < 1.29 is 0 Å². The molecule has 0 saturated heterocycles. The Morgan fingerprint density at radius 2 is 2.24 bits per heavy atom. The molecule has 0 atom stereocenters. The second kappa shape index (κ2) is 5.13. The summed E-state index contributed by atoms with van der Waals surface area (Å²) in [5.41, 5.74) is 1.03. The first-order chi connectivity index (χ1) is 8.22. The van der Waals surface area contributed by atoms with Gasteiger partial charge in [0, 0.05) is 19.2 Å². The number of anilines is 1. The van der Waals surface area contributed by atoms with Crippen molar-refractivity contribution in [2.24, 2.45) is 7.05 Å². The molecule has 2 heterocycles. The van der Waals surface area contributed by atoms with E-state index in [9.17, 15) is 0 Å². The van der Waals surface area contributed by atoms with Gasteiger partial charge < -0.3 is 9.88 Å². The van der Waals surface area contributed by atoms with Gasteiger partial charge in [0.2, 0.25) is 0 Å². The lowest BCUT2D eigenvalue weighted by Gasteiger charge is -2.08. The van der Waals surface area contributed by atoms with Crippen LogP contribution in [0.5, 0.6) is 0 Å². The van der Waals surface area contributed by atoms with Crippen molar-refractivity contribution in [3.8, 4) is 0 Å². The van der Waals surface area contributed by atoms with Crippen molar-refractivity contribution in [1.29, 1.82) is 0 Å². The lowest BCUT2D eigenvalue weighted by Crippen LogP contribution is -2.03. The maximum Gasteiger partial charge on any atom is 0.197 e. The van der Waals surface area contributed by atoms with Gasteiger partial charge in [-0.3, -0.25) is 0 Å². The van der Waals surface area contributed by atoms with Gasteiger partial charge in [-0.2, -0.15) is 0 Å². The monoisotopic (exact) mass is 250 g/mol. The summed E-state index contributed by atoms with van der Waals surface area (Å²) in [5, 5.41) is 12.8. The van der Waals surface area contributed by atoms with E-state index in [1.54, 1.807) is 12.7 Å². The molecule has 6 nitrogen and oxygen atoms in total. The van der Waals surface area contributed by atoms with Crippen molar-refractivity contribution in [2.75, 3.05) is 11.9 Å². The molecule has 2 aromatic rings. The first-order valence-electron chi connectivity index (χ1n) is 5.29. The van der Waals surface area contributed by atoms with Crippen LogP contribution in [0, 0.1) is 6.92 Å². The van der Waals surface area contributed by atoms with Crippen molar-refractivity contribution in [1.82, 2.24) is 24.7 Å². The predicted octanol–water partition coefficient (Wildman–Crippen LogP) is 1.50. The summed E-state index contributed by atoms with van der Waals surface area (Å²) in [6, 6.07) is 0. The minimum Gasteiger partial charge on any atom is -0.370 e. The Morgan fingerprint density at radius 3 is 2.88 bits per heavy atom. The molecule has 0 aliphatic rings. The molecule has 0 radical (unpaired) electrons. The van der Waals surface area contributed by atoms with Crippen molar-refractivity contribution in [3.63, 3.8) is 0 Å². The summed E-state index contributed by atoms with van der Waals surface area (Å²) >= 11 is 1.49. The molecule has 0 unspecified atom stereocenters. The van der Waals surface area contributed by atoms with Crippen LogP contribution in [0.25, 0.3) is 0 Å². The maximum absolute atomic E-state index is 4.27. The summed E-state index contributed by atoms with van der Waals surface area (Å²) in [6.07, 6.45) is 3.23. The van der Waals surface area contributed by atoms with Gasteiger partial charge in [-0.1, -0.05) is 0 Å². The van der Waals surface area contributed by atoms with Gasteiger partial charge in [-0.05, 0) is 25.6 Å². The van der Waals surface area contributed by atoms with Crippen LogP contribution >= 0.6 is 11.8 Å². The number of nitrogens with one attached hydrogen (secondary N) is 1. The lowest BCUT2D eigenvalue weighted by atomic mass is 10.3. The van der Waals surface area contributed by atoms with Gasteiger partial charge in [0.1, 0.15) is 23.5 Å². The molecular formula is C10H14N6S. The third-order valence-electron chi connectivity index (χ3n) is 2.24. The fourth-order valence-electron chi connectivity index (χ4n) is 1.33. The standard InChI is InChI=1S/C10H14N6S/c1-4-11-8-7(2)9(13-5-12-8)17-10-15-14-6-16(10)3/h5-6H,4H2,1-3H3,(H,11,12,13). The number of aromatic nitrogens is 5. The first-order valence-corrected chi connectivity index (χ1v) is 6.11.